The van der Waals surface area contributed by atoms with E-state index in [-0.39, 0.29) is 30.6 Å². The smallest absolute Gasteiger partial charge is 0.243 e. The lowest BCUT2D eigenvalue weighted by molar-refractivity contribution is -0.123. The number of hydrogen-bond acceptors (Lipinski definition) is 2. The number of anilines is 1. The molecule has 0 aliphatic rings. The second-order valence-corrected chi connectivity index (χ2v) is 6.29. The van der Waals surface area contributed by atoms with Gasteiger partial charge in [-0.15, -0.1) is 0 Å². The van der Waals surface area contributed by atoms with Crippen LogP contribution in [0.3, 0.4) is 0 Å². The molecule has 0 aliphatic carbocycles. The van der Waals surface area contributed by atoms with E-state index in [4.69, 9.17) is 0 Å². The van der Waals surface area contributed by atoms with Gasteiger partial charge in [-0.25, -0.2) is 4.39 Å². The van der Waals surface area contributed by atoms with E-state index in [0.717, 1.165) is 6.42 Å². The van der Waals surface area contributed by atoms with E-state index in [1.54, 1.807) is 12.1 Å². The predicted molar refractivity (Wildman–Crippen MR) is 101 cm³/mol. The number of nitrogens with one attached hydrogen (secondary N) is 2. The molecular weight excluding hydrogens is 331 g/mol. The van der Waals surface area contributed by atoms with Crippen molar-refractivity contribution in [1.29, 1.82) is 0 Å². The summed E-state index contributed by atoms with van der Waals surface area (Å²) in [7, 11) is 0. The Kier molecular flexibility index (Phi) is 7.80. The average Bonchev–Trinajstić information content (AvgIpc) is 2.62. The van der Waals surface area contributed by atoms with Gasteiger partial charge >= 0.3 is 0 Å². The third-order valence-corrected chi connectivity index (χ3v) is 4.01. The van der Waals surface area contributed by atoms with Gasteiger partial charge in [-0.3, -0.25) is 9.59 Å². The molecule has 0 saturated heterocycles. The van der Waals surface area contributed by atoms with Gasteiger partial charge in [-0.2, -0.15) is 0 Å². The summed E-state index contributed by atoms with van der Waals surface area (Å²) in [5, 5.41) is 5.29. The molecule has 2 N–H and O–H groups in total. The first kappa shape index (κ1) is 19.6. The third-order valence-electron chi connectivity index (χ3n) is 4.01. The SMILES string of the molecule is CCCCCc1ccc(NC(=O)CNC(=O)Cc2cccc(F)c2)cc1. The minimum atomic E-state index is -0.383. The molecular formula is C21H25FN2O2. The van der Waals surface area contributed by atoms with Gasteiger partial charge in [0.25, 0.3) is 0 Å². The summed E-state index contributed by atoms with van der Waals surface area (Å²) in [5.41, 5.74) is 2.52. The lowest BCUT2D eigenvalue weighted by Crippen LogP contribution is -2.33. The van der Waals surface area contributed by atoms with Crippen molar-refractivity contribution in [2.45, 2.75) is 39.0 Å². The van der Waals surface area contributed by atoms with Crippen LogP contribution in [-0.4, -0.2) is 18.4 Å². The lowest BCUT2D eigenvalue weighted by Gasteiger charge is -2.08. The number of hydrogen-bond donors (Lipinski definition) is 2. The molecule has 5 heteroatoms. The fourth-order valence-corrected chi connectivity index (χ4v) is 2.61. The van der Waals surface area contributed by atoms with Crippen LogP contribution in [0.1, 0.15) is 37.3 Å². The molecule has 2 rings (SSSR count). The van der Waals surface area contributed by atoms with E-state index in [1.165, 1.54) is 37.0 Å². The summed E-state index contributed by atoms with van der Waals surface area (Å²) in [6, 6.07) is 13.6. The van der Waals surface area contributed by atoms with Crippen LogP contribution in [0.2, 0.25) is 0 Å². The first-order valence-corrected chi connectivity index (χ1v) is 8.96. The van der Waals surface area contributed by atoms with Gasteiger partial charge in [0, 0.05) is 5.69 Å². The van der Waals surface area contributed by atoms with Crippen LogP contribution >= 0.6 is 0 Å². The van der Waals surface area contributed by atoms with Crippen LogP contribution in [0.25, 0.3) is 0 Å². The van der Waals surface area contributed by atoms with E-state index < -0.39 is 0 Å². The zero-order valence-corrected chi connectivity index (χ0v) is 15.1. The van der Waals surface area contributed by atoms with Crippen molar-refractivity contribution < 1.29 is 14.0 Å². The Labute approximate surface area is 153 Å². The highest BCUT2D eigenvalue weighted by Gasteiger charge is 2.07. The monoisotopic (exact) mass is 356 g/mol. The lowest BCUT2D eigenvalue weighted by atomic mass is 10.1. The summed E-state index contributed by atoms with van der Waals surface area (Å²) in [6.07, 6.45) is 4.65. The fraction of sp³-hybridized carbons (Fsp3) is 0.333. The van der Waals surface area contributed by atoms with Crippen LogP contribution in [0.5, 0.6) is 0 Å². The molecule has 2 amide bonds. The van der Waals surface area contributed by atoms with Crippen LogP contribution in [0.4, 0.5) is 10.1 Å². The topological polar surface area (TPSA) is 58.2 Å². The molecule has 0 aliphatic heterocycles. The fourth-order valence-electron chi connectivity index (χ4n) is 2.61. The van der Waals surface area contributed by atoms with Gasteiger partial charge < -0.3 is 10.6 Å². The first-order chi connectivity index (χ1) is 12.6. The normalized spacial score (nSPS) is 10.4. The molecule has 4 nitrogen and oxygen atoms in total. The van der Waals surface area contributed by atoms with Gasteiger partial charge in [0.15, 0.2) is 0 Å². The summed E-state index contributed by atoms with van der Waals surface area (Å²) in [5.74, 6) is -1.00. The summed E-state index contributed by atoms with van der Waals surface area (Å²) < 4.78 is 13.1. The highest BCUT2D eigenvalue weighted by Crippen LogP contribution is 2.12. The summed E-state index contributed by atoms with van der Waals surface area (Å²) in [6.45, 7) is 2.06. The molecule has 0 heterocycles. The Bertz CT molecular complexity index is 729. The van der Waals surface area contributed by atoms with E-state index in [9.17, 15) is 14.0 Å². The Hall–Kier alpha value is -2.69. The maximum absolute atomic E-state index is 13.1. The molecule has 2 aromatic carbocycles. The largest absolute Gasteiger partial charge is 0.347 e. The van der Waals surface area contributed by atoms with Gasteiger partial charge in [0.05, 0.1) is 13.0 Å². The number of rotatable bonds is 9. The van der Waals surface area contributed by atoms with Crippen LogP contribution < -0.4 is 10.6 Å². The maximum Gasteiger partial charge on any atom is 0.243 e. The highest BCUT2D eigenvalue weighted by atomic mass is 19.1. The molecule has 0 unspecified atom stereocenters. The Morgan fingerprint density at radius 1 is 0.962 bits per heavy atom. The molecule has 0 bridgehead atoms. The van der Waals surface area contributed by atoms with Crippen molar-refractivity contribution in [2.24, 2.45) is 0 Å². The van der Waals surface area contributed by atoms with Gasteiger partial charge in [-0.05, 0) is 48.2 Å². The van der Waals surface area contributed by atoms with Gasteiger partial charge in [0.1, 0.15) is 5.82 Å². The zero-order chi connectivity index (χ0) is 18.8. The molecule has 0 spiro atoms. The quantitative estimate of drug-likeness (QED) is 0.671. The van der Waals surface area contributed by atoms with Crippen LogP contribution in [-0.2, 0) is 22.4 Å². The van der Waals surface area contributed by atoms with Gasteiger partial charge in [-0.1, -0.05) is 44.0 Å². The van der Waals surface area contributed by atoms with Gasteiger partial charge in [0.2, 0.25) is 11.8 Å². The number of amides is 2. The van der Waals surface area contributed by atoms with E-state index in [1.807, 2.05) is 24.3 Å². The number of benzene rings is 2. The van der Waals surface area contributed by atoms with E-state index in [0.29, 0.717) is 11.3 Å². The number of aryl methyl sites for hydroxylation is 1. The number of unbranched alkanes of at least 4 members (excludes halogenated alkanes) is 2. The third kappa shape index (κ3) is 7.05. The standard InChI is InChI=1S/C21H25FN2O2/c1-2-3-4-6-16-9-11-19(12-10-16)24-21(26)15-23-20(25)14-17-7-5-8-18(22)13-17/h5,7-13H,2-4,6,14-15H2,1H3,(H,23,25)(H,24,26). The van der Waals surface area contributed by atoms with Crippen molar-refractivity contribution in [3.05, 3.63) is 65.5 Å². The maximum atomic E-state index is 13.1. The molecule has 26 heavy (non-hydrogen) atoms. The molecule has 0 radical (unpaired) electrons. The summed E-state index contributed by atoms with van der Waals surface area (Å²) in [4.78, 5) is 23.8. The first-order valence-electron chi connectivity index (χ1n) is 8.96. The molecule has 0 aromatic heterocycles. The highest BCUT2D eigenvalue weighted by molar-refractivity contribution is 5.94. The molecule has 138 valence electrons. The average molecular weight is 356 g/mol. The van der Waals surface area contributed by atoms with Crippen LogP contribution in [0, 0.1) is 5.82 Å². The zero-order valence-electron chi connectivity index (χ0n) is 15.1. The van der Waals surface area contributed by atoms with Crippen molar-refractivity contribution in [2.75, 3.05) is 11.9 Å². The molecule has 0 atom stereocenters. The molecule has 2 aromatic rings. The van der Waals surface area contributed by atoms with Crippen molar-refractivity contribution in [1.82, 2.24) is 5.32 Å². The number of halogens is 1. The predicted octanol–water partition coefficient (Wildman–Crippen LogP) is 3.86. The Balaban J connectivity index is 1.73. The molecule has 0 saturated carbocycles. The number of carbonyl (C=O) groups excluding carboxylic acids is 2. The van der Waals surface area contributed by atoms with Crippen molar-refractivity contribution >= 4 is 17.5 Å². The van der Waals surface area contributed by atoms with Crippen molar-refractivity contribution in [3.63, 3.8) is 0 Å². The Morgan fingerprint density at radius 2 is 1.73 bits per heavy atom. The van der Waals surface area contributed by atoms with E-state index >= 15 is 0 Å². The van der Waals surface area contributed by atoms with E-state index in [2.05, 4.69) is 17.6 Å². The minimum Gasteiger partial charge on any atom is -0.347 e. The second-order valence-electron chi connectivity index (χ2n) is 6.29. The summed E-state index contributed by atoms with van der Waals surface area (Å²) >= 11 is 0. The minimum absolute atomic E-state index is 0.0392. The Morgan fingerprint density at radius 3 is 2.42 bits per heavy atom. The second kappa shape index (κ2) is 10.3. The van der Waals surface area contributed by atoms with Crippen LogP contribution in [0.15, 0.2) is 48.5 Å². The van der Waals surface area contributed by atoms with Crippen molar-refractivity contribution in [3.8, 4) is 0 Å². The number of carbonyl (C=O) groups is 2. The molecule has 0 fully saturated rings.